The van der Waals surface area contributed by atoms with E-state index in [1.54, 1.807) is 12.1 Å². The van der Waals surface area contributed by atoms with E-state index in [0.717, 1.165) is 38.4 Å². The van der Waals surface area contributed by atoms with Gasteiger partial charge in [-0.25, -0.2) is 4.39 Å². The van der Waals surface area contributed by atoms with Crippen molar-refractivity contribution in [2.24, 2.45) is 0 Å². The third-order valence-electron chi connectivity index (χ3n) is 4.32. The van der Waals surface area contributed by atoms with Gasteiger partial charge in [0.25, 0.3) is 0 Å². The van der Waals surface area contributed by atoms with Crippen LogP contribution in [0.2, 0.25) is 0 Å². The lowest BCUT2D eigenvalue weighted by atomic mass is 10.2. The lowest BCUT2D eigenvalue weighted by Crippen LogP contribution is -2.48. The second-order valence-electron chi connectivity index (χ2n) is 6.35. The first-order valence-corrected chi connectivity index (χ1v) is 8.43. The van der Waals surface area contributed by atoms with E-state index in [4.69, 9.17) is 5.73 Å². The molecule has 0 aliphatic carbocycles. The molecule has 3 rings (SSSR count). The molecule has 0 aromatic heterocycles. The molecule has 1 heterocycles. The predicted molar refractivity (Wildman–Crippen MR) is 112 cm³/mol. The highest BCUT2D eigenvalue weighted by Crippen LogP contribution is 2.12. The molecule has 2 aromatic carbocycles. The number of nitrogens with two attached hydrogens (primary N) is 1. The van der Waals surface area contributed by atoms with Crippen LogP contribution in [0.5, 0.6) is 0 Å². The molecular weight excluding hydrogens is 390 g/mol. The third-order valence-corrected chi connectivity index (χ3v) is 4.32. The topological polar surface area (TPSA) is 61.6 Å². The Morgan fingerprint density at radius 1 is 1.00 bits per heavy atom. The summed E-state index contributed by atoms with van der Waals surface area (Å²) in [5.74, 6) is -0.384. The summed E-state index contributed by atoms with van der Waals surface area (Å²) in [6, 6.07) is 13.8. The Morgan fingerprint density at radius 3 is 2.26 bits per heavy atom. The standard InChI is InChI=1S/C19H23FN4O.2ClH/c20-16-4-6-18(7-5-16)22-19(25)14-24-10-8-23(9-11-24)13-15-2-1-3-17(21)12-15;;/h1-7,12H,8-11,13-14,21H2,(H,22,25);2*1H. The minimum atomic E-state index is -0.311. The number of rotatable bonds is 5. The van der Waals surface area contributed by atoms with Crippen molar-refractivity contribution in [2.75, 3.05) is 43.8 Å². The highest BCUT2D eigenvalue weighted by atomic mass is 35.5. The van der Waals surface area contributed by atoms with Crippen LogP contribution in [0, 0.1) is 5.82 Å². The van der Waals surface area contributed by atoms with Gasteiger partial charge in [-0.15, -0.1) is 24.8 Å². The van der Waals surface area contributed by atoms with E-state index in [1.807, 2.05) is 18.2 Å². The molecule has 0 unspecified atom stereocenters. The number of nitrogens with zero attached hydrogens (tertiary/aromatic N) is 2. The molecular formula is C19H25Cl2FN4O. The van der Waals surface area contributed by atoms with Gasteiger partial charge in [0, 0.05) is 44.1 Å². The summed E-state index contributed by atoms with van der Waals surface area (Å²) in [4.78, 5) is 16.6. The Bertz CT molecular complexity index is 722. The number of anilines is 2. The zero-order valence-corrected chi connectivity index (χ0v) is 16.6. The van der Waals surface area contributed by atoms with Gasteiger partial charge in [0.2, 0.25) is 5.91 Å². The van der Waals surface area contributed by atoms with Gasteiger partial charge < -0.3 is 11.1 Å². The molecule has 148 valence electrons. The number of amides is 1. The number of carbonyl (C=O) groups excluding carboxylic acids is 1. The van der Waals surface area contributed by atoms with E-state index in [9.17, 15) is 9.18 Å². The summed E-state index contributed by atoms with van der Waals surface area (Å²) < 4.78 is 12.9. The fraction of sp³-hybridized carbons (Fsp3) is 0.316. The molecule has 0 radical (unpaired) electrons. The highest BCUT2D eigenvalue weighted by molar-refractivity contribution is 5.92. The van der Waals surface area contributed by atoms with Gasteiger partial charge in [0.15, 0.2) is 0 Å². The van der Waals surface area contributed by atoms with Crippen LogP contribution in [-0.4, -0.2) is 48.4 Å². The van der Waals surface area contributed by atoms with Crippen molar-refractivity contribution in [3.8, 4) is 0 Å². The van der Waals surface area contributed by atoms with E-state index in [-0.39, 0.29) is 36.5 Å². The molecule has 3 N–H and O–H groups in total. The van der Waals surface area contributed by atoms with E-state index < -0.39 is 0 Å². The maximum Gasteiger partial charge on any atom is 0.238 e. The quantitative estimate of drug-likeness (QED) is 0.738. The van der Waals surface area contributed by atoms with E-state index in [0.29, 0.717) is 12.2 Å². The summed E-state index contributed by atoms with van der Waals surface area (Å²) >= 11 is 0. The monoisotopic (exact) mass is 414 g/mol. The number of nitrogens with one attached hydrogen (secondary N) is 1. The first-order chi connectivity index (χ1) is 12.1. The van der Waals surface area contributed by atoms with Crippen LogP contribution in [-0.2, 0) is 11.3 Å². The number of hydrogen-bond acceptors (Lipinski definition) is 4. The molecule has 0 spiro atoms. The number of nitrogen functional groups attached to an aromatic ring is 1. The molecule has 8 heteroatoms. The summed E-state index contributed by atoms with van der Waals surface area (Å²) in [5, 5.41) is 2.80. The van der Waals surface area contributed by atoms with Crippen molar-refractivity contribution in [2.45, 2.75) is 6.54 Å². The number of hydrogen-bond donors (Lipinski definition) is 2. The summed E-state index contributed by atoms with van der Waals surface area (Å²) in [7, 11) is 0. The Morgan fingerprint density at radius 2 is 1.63 bits per heavy atom. The summed E-state index contributed by atoms with van der Waals surface area (Å²) in [6.07, 6.45) is 0. The molecule has 2 aromatic rings. The first-order valence-electron chi connectivity index (χ1n) is 8.43. The van der Waals surface area contributed by atoms with Gasteiger partial charge in [-0.1, -0.05) is 12.1 Å². The molecule has 5 nitrogen and oxygen atoms in total. The van der Waals surface area contributed by atoms with Crippen molar-refractivity contribution in [1.82, 2.24) is 9.80 Å². The molecule has 27 heavy (non-hydrogen) atoms. The van der Waals surface area contributed by atoms with E-state index in [1.165, 1.54) is 17.7 Å². The molecule has 0 bridgehead atoms. The van der Waals surface area contributed by atoms with Crippen LogP contribution >= 0.6 is 24.8 Å². The maximum atomic E-state index is 12.9. The Kier molecular flexibility index (Phi) is 9.52. The minimum Gasteiger partial charge on any atom is -0.399 e. The predicted octanol–water partition coefficient (Wildman–Crippen LogP) is 3.01. The maximum absolute atomic E-state index is 12.9. The van der Waals surface area contributed by atoms with Crippen LogP contribution in [0.4, 0.5) is 15.8 Å². The van der Waals surface area contributed by atoms with Gasteiger partial charge in [0.05, 0.1) is 6.54 Å². The Hall–Kier alpha value is -1.86. The van der Waals surface area contributed by atoms with Gasteiger partial charge >= 0.3 is 0 Å². The molecule has 1 amide bonds. The number of carbonyl (C=O) groups is 1. The Balaban J connectivity index is 0.00000182. The fourth-order valence-corrected chi connectivity index (χ4v) is 2.99. The zero-order valence-electron chi connectivity index (χ0n) is 14.9. The average Bonchev–Trinajstić information content (AvgIpc) is 2.59. The van der Waals surface area contributed by atoms with Crippen LogP contribution in [0.1, 0.15) is 5.56 Å². The SMILES string of the molecule is Cl.Cl.Nc1cccc(CN2CCN(CC(=O)Nc3ccc(F)cc3)CC2)c1. The minimum absolute atomic E-state index is 0. The fourth-order valence-electron chi connectivity index (χ4n) is 2.99. The third kappa shape index (κ3) is 7.34. The number of benzene rings is 2. The van der Waals surface area contributed by atoms with Crippen molar-refractivity contribution in [3.05, 3.63) is 59.9 Å². The van der Waals surface area contributed by atoms with Crippen molar-refractivity contribution >= 4 is 42.1 Å². The van der Waals surface area contributed by atoms with Crippen LogP contribution in [0.3, 0.4) is 0 Å². The smallest absolute Gasteiger partial charge is 0.238 e. The second kappa shape index (κ2) is 11.1. The molecule has 1 fully saturated rings. The number of piperazine rings is 1. The average molecular weight is 415 g/mol. The molecule has 1 aliphatic rings. The van der Waals surface area contributed by atoms with Crippen molar-refractivity contribution in [1.29, 1.82) is 0 Å². The molecule has 0 saturated carbocycles. The lowest BCUT2D eigenvalue weighted by molar-refractivity contribution is -0.117. The molecule has 1 saturated heterocycles. The first kappa shape index (κ1) is 23.2. The van der Waals surface area contributed by atoms with Crippen LogP contribution < -0.4 is 11.1 Å². The largest absolute Gasteiger partial charge is 0.399 e. The molecule has 1 aliphatic heterocycles. The van der Waals surface area contributed by atoms with Crippen LogP contribution in [0.15, 0.2) is 48.5 Å². The second-order valence-corrected chi connectivity index (χ2v) is 6.35. The Labute approximate surface area is 171 Å². The highest BCUT2D eigenvalue weighted by Gasteiger charge is 2.19. The summed E-state index contributed by atoms with van der Waals surface area (Å²) in [6.45, 7) is 4.75. The van der Waals surface area contributed by atoms with Crippen LogP contribution in [0.25, 0.3) is 0 Å². The van der Waals surface area contributed by atoms with Gasteiger partial charge in [0.1, 0.15) is 5.82 Å². The van der Waals surface area contributed by atoms with Crippen molar-refractivity contribution < 1.29 is 9.18 Å². The van der Waals surface area contributed by atoms with Crippen molar-refractivity contribution in [3.63, 3.8) is 0 Å². The van der Waals surface area contributed by atoms with E-state index >= 15 is 0 Å². The van der Waals surface area contributed by atoms with Gasteiger partial charge in [-0.3, -0.25) is 14.6 Å². The van der Waals surface area contributed by atoms with E-state index in [2.05, 4.69) is 21.2 Å². The number of halogens is 3. The van der Waals surface area contributed by atoms with Gasteiger partial charge in [-0.05, 0) is 42.0 Å². The van der Waals surface area contributed by atoms with Gasteiger partial charge in [-0.2, -0.15) is 0 Å². The zero-order chi connectivity index (χ0) is 17.6. The molecule has 0 atom stereocenters. The lowest BCUT2D eigenvalue weighted by Gasteiger charge is -2.34. The summed E-state index contributed by atoms with van der Waals surface area (Å²) in [5.41, 5.74) is 8.43. The normalized spacial score (nSPS) is 14.7.